The zero-order valence-corrected chi connectivity index (χ0v) is 16.6. The summed E-state index contributed by atoms with van der Waals surface area (Å²) < 4.78 is 63.9. The summed E-state index contributed by atoms with van der Waals surface area (Å²) >= 11 is 0. The van der Waals surface area contributed by atoms with Crippen molar-refractivity contribution in [2.24, 2.45) is 0 Å². The Morgan fingerprint density at radius 2 is 1.54 bits per heavy atom. The van der Waals surface area contributed by atoms with Crippen LogP contribution in [0.5, 0.6) is 0 Å². The number of hydrogen-bond acceptors (Lipinski definition) is 3. The molecular weight excluding hydrogens is 393 g/mol. The molecule has 0 aromatic heterocycles. The number of carbonyl (C=O) groups excluding carboxylic acids is 1. The van der Waals surface area contributed by atoms with Gasteiger partial charge in [-0.1, -0.05) is 0 Å². The van der Waals surface area contributed by atoms with Crippen LogP contribution in [0.4, 0.5) is 24.5 Å². The minimum absolute atomic E-state index is 0.234. The smallest absolute Gasteiger partial charge is 0.322 e. The summed E-state index contributed by atoms with van der Waals surface area (Å²) in [5.41, 5.74) is 0.280. The molecule has 0 fully saturated rings. The Balaban J connectivity index is 2.14. The maximum atomic E-state index is 12.7. The van der Waals surface area contributed by atoms with Gasteiger partial charge in [-0.15, -0.1) is 0 Å². The van der Waals surface area contributed by atoms with Crippen molar-refractivity contribution in [2.75, 3.05) is 10.0 Å². The van der Waals surface area contributed by atoms with Crippen LogP contribution >= 0.6 is 0 Å². The first-order chi connectivity index (χ1) is 12.7. The number of amides is 1. The van der Waals surface area contributed by atoms with Gasteiger partial charge in [-0.05, 0) is 75.7 Å². The largest absolute Gasteiger partial charge is 0.416 e. The molecule has 0 aliphatic rings. The van der Waals surface area contributed by atoms with Gasteiger partial charge < -0.3 is 5.32 Å². The molecular formula is C19H21F3N2O3S. The second-order valence-electron chi connectivity index (χ2n) is 7.28. The van der Waals surface area contributed by atoms with E-state index < -0.39 is 32.4 Å². The van der Waals surface area contributed by atoms with Crippen LogP contribution in [0.3, 0.4) is 0 Å². The Bertz CT molecular complexity index is 977. The van der Waals surface area contributed by atoms with E-state index in [1.54, 1.807) is 20.8 Å². The average molecular weight is 414 g/mol. The topological polar surface area (TPSA) is 75.3 Å². The van der Waals surface area contributed by atoms with Crippen molar-refractivity contribution in [3.05, 3.63) is 59.2 Å². The predicted octanol–water partition coefficient (Wildman–Crippen LogP) is 4.81. The first-order valence-corrected chi connectivity index (χ1v) is 9.81. The first-order valence-electron chi connectivity index (χ1n) is 8.32. The number of aryl methyl sites for hydroxylation is 1. The lowest BCUT2D eigenvalue weighted by molar-refractivity contribution is -0.137. The van der Waals surface area contributed by atoms with E-state index in [0.717, 1.165) is 12.1 Å². The quantitative estimate of drug-likeness (QED) is 0.754. The van der Waals surface area contributed by atoms with Gasteiger partial charge in [0.1, 0.15) is 0 Å². The summed E-state index contributed by atoms with van der Waals surface area (Å²) in [6.07, 6.45) is -4.45. The SMILES string of the molecule is Cc1cc(C(F)(F)F)ccc1NC(=O)c1ccc(NS(=O)(=O)C(C)(C)C)cc1. The molecule has 9 heteroatoms. The maximum Gasteiger partial charge on any atom is 0.416 e. The average Bonchev–Trinajstić information content (AvgIpc) is 2.55. The van der Waals surface area contributed by atoms with Crippen LogP contribution in [0.25, 0.3) is 0 Å². The van der Waals surface area contributed by atoms with Crippen molar-refractivity contribution in [1.82, 2.24) is 0 Å². The van der Waals surface area contributed by atoms with Crippen molar-refractivity contribution in [3.8, 4) is 0 Å². The van der Waals surface area contributed by atoms with Crippen LogP contribution in [-0.4, -0.2) is 19.1 Å². The Morgan fingerprint density at radius 3 is 2.00 bits per heavy atom. The lowest BCUT2D eigenvalue weighted by Gasteiger charge is -2.20. The molecule has 1 amide bonds. The Morgan fingerprint density at radius 1 is 0.964 bits per heavy atom. The van der Waals surface area contributed by atoms with Crippen LogP contribution in [0, 0.1) is 6.92 Å². The van der Waals surface area contributed by atoms with Crippen LogP contribution in [0.2, 0.25) is 0 Å². The normalized spacial score (nSPS) is 12.5. The van der Waals surface area contributed by atoms with E-state index in [0.29, 0.717) is 5.69 Å². The highest BCUT2D eigenvalue weighted by atomic mass is 32.2. The van der Waals surface area contributed by atoms with E-state index in [1.807, 2.05) is 0 Å². The monoisotopic (exact) mass is 414 g/mol. The summed E-state index contributed by atoms with van der Waals surface area (Å²) in [5, 5.41) is 2.55. The molecule has 0 unspecified atom stereocenters. The number of nitrogens with one attached hydrogen (secondary N) is 2. The summed E-state index contributed by atoms with van der Waals surface area (Å²) in [6.45, 7) is 6.14. The van der Waals surface area contributed by atoms with Crippen LogP contribution in [0.1, 0.15) is 42.3 Å². The second kappa shape index (κ2) is 7.46. The zero-order valence-electron chi connectivity index (χ0n) is 15.8. The summed E-state index contributed by atoms with van der Waals surface area (Å²) in [6, 6.07) is 8.79. The van der Waals surface area contributed by atoms with Gasteiger partial charge in [-0.2, -0.15) is 13.2 Å². The van der Waals surface area contributed by atoms with E-state index in [-0.39, 0.29) is 16.8 Å². The van der Waals surface area contributed by atoms with Gasteiger partial charge in [-0.25, -0.2) is 8.42 Å². The highest BCUT2D eigenvalue weighted by Crippen LogP contribution is 2.31. The number of hydrogen-bond donors (Lipinski definition) is 2. The predicted molar refractivity (Wildman–Crippen MR) is 103 cm³/mol. The maximum absolute atomic E-state index is 12.7. The van der Waals surface area contributed by atoms with Crippen LogP contribution < -0.4 is 10.0 Å². The van der Waals surface area contributed by atoms with Crippen molar-refractivity contribution in [1.29, 1.82) is 0 Å². The number of halogens is 3. The fourth-order valence-corrected chi connectivity index (χ4v) is 2.93. The van der Waals surface area contributed by atoms with Crippen molar-refractivity contribution in [2.45, 2.75) is 38.6 Å². The first kappa shape index (κ1) is 21.7. The number of alkyl halides is 3. The molecule has 0 saturated heterocycles. The second-order valence-corrected chi connectivity index (χ2v) is 9.71. The molecule has 0 saturated carbocycles. The summed E-state index contributed by atoms with van der Waals surface area (Å²) in [4.78, 5) is 12.3. The molecule has 0 bridgehead atoms. The van der Waals surface area contributed by atoms with Crippen molar-refractivity contribution < 1.29 is 26.4 Å². The standard InChI is InChI=1S/C19H21F3N2O3S/c1-12-11-14(19(20,21)22)7-10-16(12)23-17(25)13-5-8-15(9-6-13)24-28(26,27)18(2,3)4/h5-11,24H,1-4H3,(H,23,25). The number of sulfonamides is 1. The van der Waals surface area contributed by atoms with E-state index in [4.69, 9.17) is 0 Å². The summed E-state index contributed by atoms with van der Waals surface area (Å²) in [5.74, 6) is -0.520. The third-order valence-corrected chi connectivity index (χ3v) is 6.12. The minimum atomic E-state index is -4.45. The van der Waals surface area contributed by atoms with Gasteiger partial charge in [-0.3, -0.25) is 9.52 Å². The molecule has 28 heavy (non-hydrogen) atoms. The molecule has 0 aliphatic carbocycles. The van der Waals surface area contributed by atoms with Gasteiger partial charge in [0, 0.05) is 16.9 Å². The third-order valence-electron chi connectivity index (χ3n) is 4.01. The molecule has 0 aliphatic heterocycles. The van der Waals surface area contributed by atoms with E-state index in [1.165, 1.54) is 37.3 Å². The van der Waals surface area contributed by atoms with Gasteiger partial charge in [0.2, 0.25) is 10.0 Å². The van der Waals surface area contributed by atoms with Crippen LogP contribution in [-0.2, 0) is 16.2 Å². The highest BCUT2D eigenvalue weighted by Gasteiger charge is 2.31. The third kappa shape index (κ3) is 5.03. The Hall–Kier alpha value is -2.55. The molecule has 152 valence electrons. The van der Waals surface area contributed by atoms with Gasteiger partial charge in [0.25, 0.3) is 5.91 Å². The molecule has 2 rings (SSSR count). The minimum Gasteiger partial charge on any atom is -0.322 e. The highest BCUT2D eigenvalue weighted by molar-refractivity contribution is 7.94. The van der Waals surface area contributed by atoms with Crippen molar-refractivity contribution in [3.63, 3.8) is 0 Å². The molecule has 0 atom stereocenters. The zero-order chi connectivity index (χ0) is 21.3. The van der Waals surface area contributed by atoms with E-state index >= 15 is 0 Å². The number of anilines is 2. The van der Waals surface area contributed by atoms with E-state index in [2.05, 4.69) is 10.0 Å². The molecule has 2 aromatic carbocycles. The summed E-state index contributed by atoms with van der Waals surface area (Å²) in [7, 11) is -3.60. The van der Waals surface area contributed by atoms with Gasteiger partial charge in [0.15, 0.2) is 0 Å². The van der Waals surface area contributed by atoms with Gasteiger partial charge >= 0.3 is 6.18 Å². The number of benzene rings is 2. The molecule has 5 nitrogen and oxygen atoms in total. The van der Waals surface area contributed by atoms with Crippen molar-refractivity contribution >= 4 is 27.3 Å². The fraction of sp³-hybridized carbons (Fsp3) is 0.316. The lowest BCUT2D eigenvalue weighted by atomic mass is 10.1. The fourth-order valence-electron chi connectivity index (χ4n) is 2.17. The molecule has 2 aromatic rings. The number of rotatable bonds is 4. The van der Waals surface area contributed by atoms with Crippen LogP contribution in [0.15, 0.2) is 42.5 Å². The Kier molecular flexibility index (Phi) is 5.79. The van der Waals surface area contributed by atoms with Gasteiger partial charge in [0.05, 0.1) is 10.3 Å². The molecule has 0 spiro atoms. The number of carbonyl (C=O) groups is 1. The lowest BCUT2D eigenvalue weighted by Crippen LogP contribution is -2.33. The molecule has 2 N–H and O–H groups in total. The molecule has 0 heterocycles. The molecule has 0 radical (unpaired) electrons. The van der Waals surface area contributed by atoms with E-state index in [9.17, 15) is 26.4 Å². The Labute approximate surface area is 162 Å².